The molecule has 11 heteroatoms. The van der Waals surface area contributed by atoms with E-state index in [1.165, 1.54) is 3.97 Å². The number of carbonyl (C=O) groups excluding carboxylic acids is 1. The minimum atomic E-state index is -3.92. The standard InChI is InChI=1S/C32H32N6O4S/c1-31(2,3)42-30(39)37-20-32(12-13-32)27-14-21(16-33-29(27)37)26-19-38(43(40,41)24-8-6-5-7-9-24)28-15-22(10-11-25(26)28)35-23-17-34-36(4)18-23/h5-11,14-19,35H,12-13,20H2,1-4H3. The molecule has 7 rings (SSSR count). The van der Waals surface area contributed by atoms with E-state index in [9.17, 15) is 13.2 Å². The van der Waals surface area contributed by atoms with E-state index in [1.807, 2.05) is 52.2 Å². The summed E-state index contributed by atoms with van der Waals surface area (Å²) in [4.78, 5) is 19.7. The average molecular weight is 597 g/mol. The molecule has 1 amide bonds. The molecule has 0 atom stereocenters. The van der Waals surface area contributed by atoms with E-state index in [0.717, 1.165) is 46.3 Å². The Labute approximate surface area is 250 Å². The summed E-state index contributed by atoms with van der Waals surface area (Å²) in [6.07, 6.45) is 8.45. The molecule has 4 heterocycles. The van der Waals surface area contributed by atoms with E-state index >= 15 is 0 Å². The zero-order valence-electron chi connectivity index (χ0n) is 24.4. The number of hydrogen-bond donors (Lipinski definition) is 1. The quantitative estimate of drug-likeness (QED) is 0.257. The Morgan fingerprint density at radius 2 is 1.77 bits per heavy atom. The highest BCUT2D eigenvalue weighted by molar-refractivity contribution is 7.90. The summed E-state index contributed by atoms with van der Waals surface area (Å²) < 4.78 is 36.6. The van der Waals surface area contributed by atoms with Gasteiger partial charge < -0.3 is 10.1 Å². The van der Waals surface area contributed by atoms with Crippen LogP contribution >= 0.6 is 0 Å². The SMILES string of the molecule is Cn1cc(Nc2ccc3c(-c4cnc5c(c4)C4(CC4)CN5C(=O)OC(C)(C)C)cn(S(=O)(=O)c4ccccc4)c3c2)cn1. The van der Waals surface area contributed by atoms with Crippen LogP contribution in [0.4, 0.5) is 22.0 Å². The maximum Gasteiger partial charge on any atom is 0.416 e. The highest BCUT2D eigenvalue weighted by Gasteiger charge is 2.54. The van der Waals surface area contributed by atoms with Crippen molar-refractivity contribution in [1.82, 2.24) is 18.7 Å². The minimum Gasteiger partial charge on any atom is -0.443 e. The van der Waals surface area contributed by atoms with E-state index in [2.05, 4.69) is 16.5 Å². The van der Waals surface area contributed by atoms with Crippen LogP contribution in [0.2, 0.25) is 0 Å². The lowest BCUT2D eigenvalue weighted by Crippen LogP contribution is -2.37. The molecule has 43 heavy (non-hydrogen) atoms. The molecule has 3 aromatic heterocycles. The lowest BCUT2D eigenvalue weighted by Gasteiger charge is -2.24. The fourth-order valence-corrected chi connectivity index (χ4v) is 7.16. The normalized spacial score (nSPS) is 15.6. The predicted molar refractivity (Wildman–Crippen MR) is 165 cm³/mol. The summed E-state index contributed by atoms with van der Waals surface area (Å²) in [5, 5.41) is 8.29. The predicted octanol–water partition coefficient (Wildman–Crippen LogP) is 6.20. The van der Waals surface area contributed by atoms with Gasteiger partial charge >= 0.3 is 6.09 Å². The van der Waals surface area contributed by atoms with Gasteiger partial charge in [0.25, 0.3) is 10.0 Å². The van der Waals surface area contributed by atoms with E-state index in [1.54, 1.807) is 58.5 Å². The minimum absolute atomic E-state index is 0.148. The number of rotatable bonds is 5. The highest BCUT2D eigenvalue weighted by atomic mass is 32.2. The van der Waals surface area contributed by atoms with Gasteiger partial charge in [0.15, 0.2) is 0 Å². The Morgan fingerprint density at radius 1 is 1.00 bits per heavy atom. The van der Waals surface area contributed by atoms with Gasteiger partial charge in [-0.25, -0.2) is 22.2 Å². The van der Waals surface area contributed by atoms with Gasteiger partial charge in [-0.3, -0.25) is 9.58 Å². The van der Waals surface area contributed by atoms with Crippen molar-refractivity contribution >= 4 is 44.2 Å². The molecule has 10 nitrogen and oxygen atoms in total. The van der Waals surface area contributed by atoms with Crippen molar-refractivity contribution < 1.29 is 17.9 Å². The third-order valence-electron chi connectivity index (χ3n) is 8.00. The van der Waals surface area contributed by atoms with Crippen molar-refractivity contribution in [3.63, 3.8) is 0 Å². The van der Waals surface area contributed by atoms with E-state index in [-0.39, 0.29) is 10.3 Å². The van der Waals surface area contributed by atoms with Crippen LogP contribution in [0.15, 0.2) is 84.3 Å². The van der Waals surface area contributed by atoms with Gasteiger partial charge in [0.1, 0.15) is 11.4 Å². The molecule has 0 saturated heterocycles. The molecule has 1 saturated carbocycles. The fourth-order valence-electron chi connectivity index (χ4n) is 5.78. The molecule has 5 aromatic rings. The monoisotopic (exact) mass is 596 g/mol. The Morgan fingerprint density at radius 3 is 2.44 bits per heavy atom. The van der Waals surface area contributed by atoms with Gasteiger partial charge in [0, 0.05) is 65.4 Å². The first-order valence-electron chi connectivity index (χ1n) is 14.2. The summed E-state index contributed by atoms with van der Waals surface area (Å²) in [5.41, 5.74) is 3.81. The molecular formula is C32H32N6O4S. The fraction of sp³-hybridized carbons (Fsp3) is 0.281. The van der Waals surface area contributed by atoms with Gasteiger partial charge in [0.05, 0.1) is 22.3 Å². The highest BCUT2D eigenvalue weighted by Crippen LogP contribution is 2.56. The lowest BCUT2D eigenvalue weighted by molar-refractivity contribution is 0.0580. The summed E-state index contributed by atoms with van der Waals surface area (Å²) in [6.45, 7) is 6.08. The van der Waals surface area contributed by atoms with Crippen molar-refractivity contribution in [1.29, 1.82) is 0 Å². The van der Waals surface area contributed by atoms with Crippen molar-refractivity contribution in [3.8, 4) is 11.1 Å². The Balaban J connectivity index is 1.35. The number of nitrogens with one attached hydrogen (secondary N) is 1. The van der Waals surface area contributed by atoms with Crippen LogP contribution in [0.5, 0.6) is 0 Å². The van der Waals surface area contributed by atoms with Crippen molar-refractivity contribution in [3.05, 3.63) is 84.9 Å². The number of aryl methyl sites for hydroxylation is 1. The lowest BCUT2D eigenvalue weighted by atomic mass is 9.96. The first-order chi connectivity index (χ1) is 20.4. The van der Waals surface area contributed by atoms with Crippen molar-refractivity contribution in [2.24, 2.45) is 7.05 Å². The second-order valence-electron chi connectivity index (χ2n) is 12.4. The van der Waals surface area contributed by atoms with E-state index < -0.39 is 21.7 Å². The topological polar surface area (TPSA) is 111 Å². The Bertz CT molecular complexity index is 2000. The number of benzene rings is 2. The third-order valence-corrected chi connectivity index (χ3v) is 9.69. The molecular weight excluding hydrogens is 564 g/mol. The molecule has 2 aliphatic rings. The number of amides is 1. The Hall–Kier alpha value is -4.64. The number of ether oxygens (including phenoxy) is 1. The van der Waals surface area contributed by atoms with Crippen molar-refractivity contribution in [2.75, 3.05) is 16.8 Å². The summed E-state index contributed by atoms with van der Waals surface area (Å²) in [6, 6.07) is 16.2. The number of aromatic nitrogens is 4. The number of fused-ring (bicyclic) bond motifs is 3. The van der Waals surface area contributed by atoms with Gasteiger partial charge in [0.2, 0.25) is 0 Å². The van der Waals surface area contributed by atoms with Gasteiger partial charge in [-0.05, 0) is 63.9 Å². The molecule has 1 N–H and O–H groups in total. The smallest absolute Gasteiger partial charge is 0.416 e. The molecule has 0 radical (unpaired) electrons. The first-order valence-corrected chi connectivity index (χ1v) is 15.6. The molecule has 2 aromatic carbocycles. The average Bonchev–Trinajstić information content (AvgIpc) is 3.30. The van der Waals surface area contributed by atoms with Crippen LogP contribution in [0.25, 0.3) is 22.0 Å². The molecule has 1 fully saturated rings. The van der Waals surface area contributed by atoms with Gasteiger partial charge in [-0.2, -0.15) is 5.10 Å². The second-order valence-corrected chi connectivity index (χ2v) is 14.2. The first kappa shape index (κ1) is 27.2. The van der Waals surface area contributed by atoms with Crippen LogP contribution in [-0.4, -0.2) is 45.4 Å². The molecule has 220 valence electrons. The number of hydrogen-bond acceptors (Lipinski definition) is 7. The van der Waals surface area contributed by atoms with Crippen LogP contribution in [0.1, 0.15) is 39.2 Å². The molecule has 1 aliphatic carbocycles. The van der Waals surface area contributed by atoms with Crippen LogP contribution < -0.4 is 10.2 Å². The summed E-state index contributed by atoms with van der Waals surface area (Å²) in [5.74, 6) is 0.610. The second kappa shape index (κ2) is 9.43. The number of carbonyl (C=O) groups is 1. The summed E-state index contributed by atoms with van der Waals surface area (Å²) in [7, 11) is -2.08. The summed E-state index contributed by atoms with van der Waals surface area (Å²) >= 11 is 0. The maximum atomic E-state index is 14.0. The number of anilines is 3. The van der Waals surface area contributed by atoms with Crippen molar-refractivity contribution in [2.45, 2.75) is 49.5 Å². The van der Waals surface area contributed by atoms with Crippen LogP contribution in [0, 0.1) is 0 Å². The van der Waals surface area contributed by atoms with Crippen LogP contribution in [0.3, 0.4) is 0 Å². The third kappa shape index (κ3) is 4.73. The number of pyridine rings is 1. The zero-order chi connectivity index (χ0) is 30.1. The molecule has 1 spiro atoms. The van der Waals surface area contributed by atoms with E-state index in [4.69, 9.17) is 9.72 Å². The van der Waals surface area contributed by atoms with E-state index in [0.29, 0.717) is 17.9 Å². The Kier molecular flexibility index (Phi) is 5.97. The van der Waals surface area contributed by atoms with Gasteiger partial charge in [-0.15, -0.1) is 0 Å². The molecule has 1 aliphatic heterocycles. The number of nitrogens with zero attached hydrogens (tertiary/aromatic N) is 5. The molecule has 0 unspecified atom stereocenters. The van der Waals surface area contributed by atoms with Gasteiger partial charge in [-0.1, -0.05) is 24.3 Å². The largest absolute Gasteiger partial charge is 0.443 e. The molecule has 0 bridgehead atoms. The maximum absolute atomic E-state index is 14.0. The van der Waals surface area contributed by atoms with Crippen LogP contribution in [-0.2, 0) is 27.2 Å². The zero-order valence-corrected chi connectivity index (χ0v) is 25.2.